The number of nitrogens with one attached hydrogen (secondary N) is 1. The predicted molar refractivity (Wildman–Crippen MR) is 58.0 cm³/mol. The Morgan fingerprint density at radius 1 is 0.923 bits per heavy atom. The Morgan fingerprint density at radius 3 is 2.15 bits per heavy atom. The van der Waals surface area contributed by atoms with Crippen LogP contribution in [0.25, 0.3) is 0 Å². The molecule has 2 heterocycles. The van der Waals surface area contributed by atoms with Crippen molar-refractivity contribution < 1.29 is 0 Å². The minimum Gasteiger partial charge on any atom is -0.317 e. The summed E-state index contributed by atoms with van der Waals surface area (Å²) < 4.78 is 0. The molecule has 0 saturated carbocycles. The van der Waals surface area contributed by atoms with Crippen LogP contribution < -0.4 is 5.32 Å². The highest BCUT2D eigenvalue weighted by Crippen LogP contribution is 2.17. The van der Waals surface area contributed by atoms with Gasteiger partial charge in [-0.3, -0.25) is 0 Å². The Morgan fingerprint density at radius 2 is 1.54 bits per heavy atom. The van der Waals surface area contributed by atoms with Gasteiger partial charge >= 0.3 is 0 Å². The van der Waals surface area contributed by atoms with Crippen LogP contribution in [0.1, 0.15) is 39.5 Å². The van der Waals surface area contributed by atoms with E-state index in [4.69, 9.17) is 0 Å². The summed E-state index contributed by atoms with van der Waals surface area (Å²) >= 11 is 0. The summed E-state index contributed by atoms with van der Waals surface area (Å²) in [6, 6.07) is 0.909. The highest BCUT2D eigenvalue weighted by Gasteiger charge is 2.21. The molecule has 0 aromatic carbocycles. The molecular weight excluding hydrogens is 160 g/mol. The molecule has 2 rings (SSSR count). The second kappa shape index (κ2) is 5.61. The second-order valence-electron chi connectivity index (χ2n) is 4.08. The fourth-order valence-corrected chi connectivity index (χ4v) is 2.46. The Hall–Kier alpha value is -0.0800. The third-order valence-corrected chi connectivity index (χ3v) is 3.22. The molecule has 0 spiro atoms. The maximum Gasteiger partial charge on any atom is 0.0119 e. The number of hydrogen-bond donors (Lipinski definition) is 1. The quantitative estimate of drug-likeness (QED) is 0.669. The summed E-state index contributed by atoms with van der Waals surface area (Å²) in [4.78, 5) is 2.71. The van der Waals surface area contributed by atoms with Gasteiger partial charge in [-0.15, -0.1) is 0 Å². The van der Waals surface area contributed by atoms with Crippen LogP contribution in [-0.4, -0.2) is 37.1 Å². The van der Waals surface area contributed by atoms with Crippen molar-refractivity contribution >= 4 is 0 Å². The van der Waals surface area contributed by atoms with Gasteiger partial charge in [-0.1, -0.05) is 13.8 Å². The molecular formula is C11H24N2. The van der Waals surface area contributed by atoms with Crippen molar-refractivity contribution in [1.29, 1.82) is 0 Å². The molecule has 78 valence electrons. The van der Waals surface area contributed by atoms with Gasteiger partial charge in [0.2, 0.25) is 0 Å². The molecule has 2 fully saturated rings. The Balaban J connectivity index is 0.000000845. The van der Waals surface area contributed by atoms with E-state index in [0.717, 1.165) is 6.04 Å². The fourth-order valence-electron chi connectivity index (χ4n) is 2.46. The lowest BCUT2D eigenvalue weighted by atomic mass is 10.0. The standard InChI is InChI=1S/C10H20N2.CH4/c1-2-8-12(9-3-1)10-4-6-11-7-5-10;/h10-11H,1-9H2;1H4. The van der Waals surface area contributed by atoms with Crippen LogP contribution in [0.5, 0.6) is 0 Å². The fraction of sp³-hybridized carbons (Fsp3) is 1.00. The molecule has 0 aliphatic carbocycles. The summed E-state index contributed by atoms with van der Waals surface area (Å²) in [6.07, 6.45) is 7.08. The molecule has 2 nitrogen and oxygen atoms in total. The molecule has 0 bridgehead atoms. The van der Waals surface area contributed by atoms with Gasteiger partial charge in [0.05, 0.1) is 0 Å². The lowest BCUT2D eigenvalue weighted by Crippen LogP contribution is -2.45. The smallest absolute Gasteiger partial charge is 0.0119 e. The first-order valence-electron chi connectivity index (χ1n) is 5.41. The number of nitrogens with zero attached hydrogens (tertiary/aromatic N) is 1. The number of piperidine rings is 2. The van der Waals surface area contributed by atoms with Gasteiger partial charge < -0.3 is 10.2 Å². The first-order chi connectivity index (χ1) is 5.97. The van der Waals surface area contributed by atoms with E-state index < -0.39 is 0 Å². The van der Waals surface area contributed by atoms with Crippen LogP contribution in [0.15, 0.2) is 0 Å². The van der Waals surface area contributed by atoms with E-state index in [1.54, 1.807) is 0 Å². The van der Waals surface area contributed by atoms with Crippen molar-refractivity contribution in [3.8, 4) is 0 Å². The van der Waals surface area contributed by atoms with Gasteiger partial charge in [-0.25, -0.2) is 0 Å². The predicted octanol–water partition coefficient (Wildman–Crippen LogP) is 1.86. The highest BCUT2D eigenvalue weighted by molar-refractivity contribution is 4.79. The van der Waals surface area contributed by atoms with E-state index in [2.05, 4.69) is 10.2 Å². The molecule has 2 aliphatic rings. The summed E-state index contributed by atoms with van der Waals surface area (Å²) in [7, 11) is 0. The van der Waals surface area contributed by atoms with Gasteiger partial charge in [0.1, 0.15) is 0 Å². The van der Waals surface area contributed by atoms with E-state index in [0.29, 0.717) is 0 Å². The van der Waals surface area contributed by atoms with Crippen LogP contribution in [0.2, 0.25) is 0 Å². The Bertz CT molecular complexity index is 108. The molecule has 0 amide bonds. The van der Waals surface area contributed by atoms with Gasteiger partial charge in [0.15, 0.2) is 0 Å². The topological polar surface area (TPSA) is 15.3 Å². The van der Waals surface area contributed by atoms with Crippen LogP contribution in [0.3, 0.4) is 0 Å². The molecule has 13 heavy (non-hydrogen) atoms. The van der Waals surface area contributed by atoms with Crippen LogP contribution in [-0.2, 0) is 0 Å². The lowest BCUT2D eigenvalue weighted by Gasteiger charge is -2.36. The van der Waals surface area contributed by atoms with E-state index in [-0.39, 0.29) is 7.43 Å². The zero-order valence-corrected chi connectivity index (χ0v) is 7.89. The summed E-state index contributed by atoms with van der Waals surface area (Å²) in [5, 5.41) is 3.43. The maximum absolute atomic E-state index is 3.43. The van der Waals surface area contributed by atoms with Crippen molar-refractivity contribution in [2.45, 2.75) is 45.6 Å². The van der Waals surface area contributed by atoms with Crippen molar-refractivity contribution in [2.24, 2.45) is 0 Å². The van der Waals surface area contributed by atoms with E-state index in [1.165, 1.54) is 58.3 Å². The van der Waals surface area contributed by atoms with E-state index >= 15 is 0 Å². The van der Waals surface area contributed by atoms with Crippen molar-refractivity contribution in [1.82, 2.24) is 10.2 Å². The maximum atomic E-state index is 3.43. The van der Waals surface area contributed by atoms with Gasteiger partial charge in [0.25, 0.3) is 0 Å². The minimum atomic E-state index is 0. The number of rotatable bonds is 1. The molecule has 0 radical (unpaired) electrons. The molecule has 2 aliphatic heterocycles. The van der Waals surface area contributed by atoms with Crippen LogP contribution in [0, 0.1) is 0 Å². The number of hydrogen-bond acceptors (Lipinski definition) is 2. The van der Waals surface area contributed by atoms with Crippen molar-refractivity contribution in [3.63, 3.8) is 0 Å². The minimum absolute atomic E-state index is 0. The summed E-state index contributed by atoms with van der Waals surface area (Å²) in [6.45, 7) is 5.21. The third kappa shape index (κ3) is 2.96. The van der Waals surface area contributed by atoms with Crippen LogP contribution in [0.4, 0.5) is 0 Å². The molecule has 0 unspecified atom stereocenters. The average Bonchev–Trinajstić information content (AvgIpc) is 2.21. The number of likely N-dealkylation sites (tertiary alicyclic amines) is 1. The molecule has 0 aromatic rings. The third-order valence-electron chi connectivity index (χ3n) is 3.22. The molecule has 1 N–H and O–H groups in total. The highest BCUT2D eigenvalue weighted by atomic mass is 15.2. The molecule has 2 heteroatoms. The van der Waals surface area contributed by atoms with E-state index in [9.17, 15) is 0 Å². The molecule has 0 atom stereocenters. The second-order valence-corrected chi connectivity index (χ2v) is 4.08. The van der Waals surface area contributed by atoms with Crippen LogP contribution >= 0.6 is 0 Å². The van der Waals surface area contributed by atoms with Gasteiger partial charge in [-0.2, -0.15) is 0 Å². The summed E-state index contributed by atoms with van der Waals surface area (Å²) in [5.41, 5.74) is 0. The van der Waals surface area contributed by atoms with Crippen molar-refractivity contribution in [2.75, 3.05) is 26.2 Å². The lowest BCUT2D eigenvalue weighted by molar-refractivity contribution is 0.136. The monoisotopic (exact) mass is 184 g/mol. The molecule has 0 aromatic heterocycles. The zero-order chi connectivity index (χ0) is 8.23. The van der Waals surface area contributed by atoms with Gasteiger partial charge in [-0.05, 0) is 51.9 Å². The van der Waals surface area contributed by atoms with Gasteiger partial charge in [0, 0.05) is 6.04 Å². The van der Waals surface area contributed by atoms with E-state index in [1.807, 2.05) is 0 Å². The average molecular weight is 184 g/mol. The molecule has 2 saturated heterocycles. The first kappa shape index (κ1) is 11.0. The largest absolute Gasteiger partial charge is 0.317 e. The zero-order valence-electron chi connectivity index (χ0n) is 7.89. The Kier molecular flexibility index (Phi) is 4.74. The first-order valence-corrected chi connectivity index (χ1v) is 5.41. The Labute approximate surface area is 82.7 Å². The SMILES string of the molecule is C.C1CCN(C2CCNCC2)CC1. The normalized spacial score (nSPS) is 26.8. The summed E-state index contributed by atoms with van der Waals surface area (Å²) in [5.74, 6) is 0. The van der Waals surface area contributed by atoms with Crippen molar-refractivity contribution in [3.05, 3.63) is 0 Å².